The van der Waals surface area contributed by atoms with Gasteiger partial charge in [-0.15, -0.1) is 0 Å². The molecule has 0 bridgehead atoms. The number of halogens is 2. The highest BCUT2D eigenvalue weighted by atomic mass is 35.5. The molecule has 0 unspecified atom stereocenters. The molecule has 9 heteroatoms. The molecule has 0 amide bonds. The standard InChI is InChI=1S/C23H24Cl2N4O3/c24-16-1-2-18(19(25)14-16)21(5-10-30)29-9-4-15(13-22(29)31)20-3-8-26-23(28-20)27-17-6-11-32-12-7-17/h1-4,8-9,13-14,17,21,30H,5-7,10-12H2,(H,26,27,28)/t21-/m1/s1. The maximum Gasteiger partial charge on any atom is 0.251 e. The Morgan fingerprint density at radius 1 is 1.19 bits per heavy atom. The Labute approximate surface area is 196 Å². The van der Waals surface area contributed by atoms with Gasteiger partial charge in [0.15, 0.2) is 0 Å². The van der Waals surface area contributed by atoms with Crippen molar-refractivity contribution in [1.82, 2.24) is 14.5 Å². The monoisotopic (exact) mass is 474 g/mol. The van der Waals surface area contributed by atoms with Crippen LogP contribution >= 0.6 is 23.2 Å². The van der Waals surface area contributed by atoms with E-state index >= 15 is 0 Å². The van der Waals surface area contributed by atoms with Crippen molar-refractivity contribution in [1.29, 1.82) is 0 Å². The highest BCUT2D eigenvalue weighted by Crippen LogP contribution is 2.30. The van der Waals surface area contributed by atoms with Crippen molar-refractivity contribution in [3.63, 3.8) is 0 Å². The normalized spacial score (nSPS) is 15.5. The van der Waals surface area contributed by atoms with Gasteiger partial charge in [0.1, 0.15) is 0 Å². The molecule has 168 valence electrons. The second kappa shape index (κ2) is 10.4. The lowest BCUT2D eigenvalue weighted by molar-refractivity contribution is 0.0903. The number of aliphatic hydroxyl groups is 1. The number of hydrogen-bond donors (Lipinski definition) is 2. The number of pyridine rings is 1. The van der Waals surface area contributed by atoms with E-state index < -0.39 is 6.04 Å². The van der Waals surface area contributed by atoms with E-state index in [4.69, 9.17) is 27.9 Å². The number of anilines is 1. The predicted molar refractivity (Wildman–Crippen MR) is 125 cm³/mol. The molecular formula is C23H24Cl2N4O3. The van der Waals surface area contributed by atoms with E-state index in [-0.39, 0.29) is 18.2 Å². The quantitative estimate of drug-likeness (QED) is 0.533. The number of aromatic nitrogens is 3. The SMILES string of the molecule is O=c1cc(-c2ccnc(NC3CCOCC3)n2)ccn1[C@H](CCO)c1ccc(Cl)cc1Cl. The zero-order valence-corrected chi connectivity index (χ0v) is 18.9. The molecule has 4 rings (SSSR count). The maximum absolute atomic E-state index is 13.0. The molecular weight excluding hydrogens is 451 g/mol. The van der Waals surface area contributed by atoms with Crippen LogP contribution in [-0.4, -0.2) is 45.5 Å². The molecule has 0 saturated carbocycles. The van der Waals surface area contributed by atoms with E-state index in [2.05, 4.69) is 15.3 Å². The summed E-state index contributed by atoms with van der Waals surface area (Å²) in [6.45, 7) is 1.36. The molecule has 1 atom stereocenters. The first-order valence-corrected chi connectivity index (χ1v) is 11.3. The third kappa shape index (κ3) is 5.30. The van der Waals surface area contributed by atoms with Crippen LogP contribution in [0.1, 0.15) is 30.9 Å². The molecule has 2 aromatic heterocycles. The fraction of sp³-hybridized carbons (Fsp3) is 0.348. The van der Waals surface area contributed by atoms with Gasteiger partial charge in [-0.3, -0.25) is 4.79 Å². The van der Waals surface area contributed by atoms with Crippen LogP contribution in [0.15, 0.2) is 53.6 Å². The van der Waals surface area contributed by atoms with Gasteiger partial charge in [-0.1, -0.05) is 29.3 Å². The first-order valence-electron chi connectivity index (χ1n) is 10.5. The summed E-state index contributed by atoms with van der Waals surface area (Å²) in [4.78, 5) is 21.9. The van der Waals surface area contributed by atoms with Gasteiger partial charge < -0.3 is 19.7 Å². The maximum atomic E-state index is 13.0. The largest absolute Gasteiger partial charge is 0.396 e. The van der Waals surface area contributed by atoms with E-state index in [0.29, 0.717) is 33.7 Å². The van der Waals surface area contributed by atoms with E-state index in [0.717, 1.165) is 31.6 Å². The third-order valence-corrected chi connectivity index (χ3v) is 6.08. The number of nitrogens with zero attached hydrogens (tertiary/aromatic N) is 3. The lowest BCUT2D eigenvalue weighted by Gasteiger charge is -2.23. The summed E-state index contributed by atoms with van der Waals surface area (Å²) in [7, 11) is 0. The van der Waals surface area contributed by atoms with Crippen LogP contribution < -0.4 is 10.9 Å². The Morgan fingerprint density at radius 2 is 2.00 bits per heavy atom. The molecule has 32 heavy (non-hydrogen) atoms. The minimum atomic E-state index is -0.414. The smallest absolute Gasteiger partial charge is 0.251 e. The first kappa shape index (κ1) is 22.7. The summed E-state index contributed by atoms with van der Waals surface area (Å²) in [6.07, 6.45) is 5.54. The van der Waals surface area contributed by atoms with Gasteiger partial charge in [0.2, 0.25) is 5.95 Å². The summed E-state index contributed by atoms with van der Waals surface area (Å²) in [5.41, 5.74) is 1.85. The zero-order valence-electron chi connectivity index (χ0n) is 17.4. The van der Waals surface area contributed by atoms with Crippen LogP contribution in [0.25, 0.3) is 11.3 Å². The molecule has 0 spiro atoms. The molecule has 2 N–H and O–H groups in total. The van der Waals surface area contributed by atoms with Crippen LogP contribution in [-0.2, 0) is 4.74 Å². The Morgan fingerprint density at radius 3 is 2.72 bits per heavy atom. The molecule has 1 aliphatic rings. The lowest BCUT2D eigenvalue weighted by atomic mass is 10.0. The fourth-order valence-electron chi connectivity index (χ4n) is 3.86. The van der Waals surface area contributed by atoms with Crippen molar-refractivity contribution in [3.05, 3.63) is 74.8 Å². The van der Waals surface area contributed by atoms with E-state index in [1.807, 2.05) is 6.07 Å². The lowest BCUT2D eigenvalue weighted by Crippen LogP contribution is -2.28. The Balaban J connectivity index is 1.61. The molecule has 1 fully saturated rings. The number of benzene rings is 1. The van der Waals surface area contributed by atoms with Crippen molar-refractivity contribution in [2.24, 2.45) is 0 Å². The van der Waals surface area contributed by atoms with Crippen LogP contribution in [0.4, 0.5) is 5.95 Å². The van der Waals surface area contributed by atoms with E-state index in [9.17, 15) is 9.90 Å². The number of nitrogens with one attached hydrogen (secondary N) is 1. The Hall–Kier alpha value is -2.45. The zero-order chi connectivity index (χ0) is 22.5. The minimum Gasteiger partial charge on any atom is -0.396 e. The molecule has 1 aliphatic heterocycles. The summed E-state index contributed by atoms with van der Waals surface area (Å²) < 4.78 is 6.95. The van der Waals surface area contributed by atoms with Gasteiger partial charge in [-0.2, -0.15) is 0 Å². The van der Waals surface area contributed by atoms with Crippen LogP contribution in [0.3, 0.4) is 0 Å². The minimum absolute atomic E-state index is 0.0923. The summed E-state index contributed by atoms with van der Waals surface area (Å²) in [6, 6.07) is 10.1. The second-order valence-electron chi connectivity index (χ2n) is 7.65. The van der Waals surface area contributed by atoms with E-state index in [1.54, 1.807) is 41.2 Å². The van der Waals surface area contributed by atoms with Crippen molar-refractivity contribution >= 4 is 29.2 Å². The average molecular weight is 475 g/mol. The van der Waals surface area contributed by atoms with Crippen LogP contribution in [0.5, 0.6) is 0 Å². The molecule has 0 radical (unpaired) electrons. The molecule has 0 aliphatic carbocycles. The average Bonchev–Trinajstić information content (AvgIpc) is 2.79. The first-order chi connectivity index (χ1) is 15.5. The summed E-state index contributed by atoms with van der Waals surface area (Å²) >= 11 is 12.4. The Kier molecular flexibility index (Phi) is 7.42. The summed E-state index contributed by atoms with van der Waals surface area (Å²) in [5.74, 6) is 0.532. The highest BCUT2D eigenvalue weighted by Gasteiger charge is 2.19. The van der Waals surface area contributed by atoms with Gasteiger partial charge in [0, 0.05) is 59.9 Å². The van der Waals surface area contributed by atoms with Gasteiger partial charge in [-0.05, 0) is 49.1 Å². The molecule has 1 aromatic carbocycles. The number of aliphatic hydroxyl groups excluding tert-OH is 1. The Bertz CT molecular complexity index is 1130. The van der Waals surface area contributed by atoms with E-state index in [1.165, 1.54) is 6.07 Å². The number of hydrogen-bond acceptors (Lipinski definition) is 6. The van der Waals surface area contributed by atoms with Gasteiger partial charge >= 0.3 is 0 Å². The number of ether oxygens (including phenoxy) is 1. The van der Waals surface area contributed by atoms with Gasteiger partial charge in [0.25, 0.3) is 5.56 Å². The molecule has 1 saturated heterocycles. The van der Waals surface area contributed by atoms with Crippen molar-refractivity contribution in [2.45, 2.75) is 31.3 Å². The van der Waals surface area contributed by atoms with Crippen LogP contribution in [0, 0.1) is 0 Å². The molecule has 3 aromatic rings. The third-order valence-electron chi connectivity index (χ3n) is 5.51. The highest BCUT2D eigenvalue weighted by molar-refractivity contribution is 6.35. The van der Waals surface area contributed by atoms with Crippen molar-refractivity contribution in [2.75, 3.05) is 25.1 Å². The van der Waals surface area contributed by atoms with Gasteiger partial charge in [-0.25, -0.2) is 9.97 Å². The van der Waals surface area contributed by atoms with Crippen molar-refractivity contribution < 1.29 is 9.84 Å². The second-order valence-corrected chi connectivity index (χ2v) is 8.49. The predicted octanol–water partition coefficient (Wildman–Crippen LogP) is 4.17. The fourth-order valence-corrected chi connectivity index (χ4v) is 4.39. The topological polar surface area (TPSA) is 89.3 Å². The van der Waals surface area contributed by atoms with Crippen LogP contribution in [0.2, 0.25) is 10.0 Å². The number of rotatable bonds is 7. The van der Waals surface area contributed by atoms with Gasteiger partial charge in [0.05, 0.1) is 11.7 Å². The molecule has 7 nitrogen and oxygen atoms in total. The molecule has 3 heterocycles. The van der Waals surface area contributed by atoms with Crippen molar-refractivity contribution in [3.8, 4) is 11.3 Å². The summed E-state index contributed by atoms with van der Waals surface area (Å²) in [5, 5.41) is 13.9.